The number of rotatable bonds is 3. The molecule has 1 saturated carbocycles. The van der Waals surface area contributed by atoms with Crippen LogP contribution in [-0.2, 0) is 0 Å². The van der Waals surface area contributed by atoms with E-state index < -0.39 is 5.60 Å². The van der Waals surface area contributed by atoms with Crippen LogP contribution in [-0.4, -0.2) is 30.3 Å². The summed E-state index contributed by atoms with van der Waals surface area (Å²) in [6.07, 6.45) is 14.1. The van der Waals surface area contributed by atoms with Gasteiger partial charge in [-0.1, -0.05) is 25.3 Å². The highest BCUT2D eigenvalue weighted by atomic mass is 16.3. The quantitative estimate of drug-likeness (QED) is 0.694. The molecular formula is C14H26NO+. The Morgan fingerprint density at radius 2 is 1.56 bits per heavy atom. The van der Waals surface area contributed by atoms with E-state index in [1.807, 2.05) is 0 Å². The summed E-state index contributed by atoms with van der Waals surface area (Å²) in [5.41, 5.74) is -0.465. The summed E-state index contributed by atoms with van der Waals surface area (Å²) in [7, 11) is 0. The molecule has 0 aromatic carbocycles. The standard InChI is InChI=1S/C14H25NO/c16-14(8-3-1-4-9-14)10-7-13-15-11-5-2-6-12-15/h7,10,16H,1-6,8-9,11-13H2/p+1. The number of hydrogen-bond donors (Lipinski definition) is 2. The minimum absolute atomic E-state index is 0.465. The van der Waals surface area contributed by atoms with Crippen molar-refractivity contribution in [1.29, 1.82) is 0 Å². The van der Waals surface area contributed by atoms with Crippen molar-refractivity contribution in [3.63, 3.8) is 0 Å². The van der Waals surface area contributed by atoms with E-state index in [2.05, 4.69) is 12.2 Å². The lowest BCUT2D eigenvalue weighted by atomic mass is 9.84. The van der Waals surface area contributed by atoms with Crippen LogP contribution in [0.2, 0.25) is 0 Å². The first kappa shape index (κ1) is 12.1. The fraction of sp³-hybridized carbons (Fsp3) is 0.857. The lowest BCUT2D eigenvalue weighted by Gasteiger charge is -2.29. The molecule has 0 aromatic rings. The van der Waals surface area contributed by atoms with E-state index in [9.17, 15) is 5.11 Å². The largest absolute Gasteiger partial charge is 0.386 e. The van der Waals surface area contributed by atoms with Crippen LogP contribution in [0.3, 0.4) is 0 Å². The van der Waals surface area contributed by atoms with E-state index in [4.69, 9.17) is 0 Å². The molecule has 1 saturated heterocycles. The van der Waals surface area contributed by atoms with Crippen molar-refractivity contribution in [3.8, 4) is 0 Å². The van der Waals surface area contributed by atoms with Gasteiger partial charge >= 0.3 is 0 Å². The highest BCUT2D eigenvalue weighted by molar-refractivity contribution is 5.02. The van der Waals surface area contributed by atoms with Crippen molar-refractivity contribution in [1.82, 2.24) is 0 Å². The van der Waals surface area contributed by atoms with E-state index >= 15 is 0 Å². The molecule has 0 aromatic heterocycles. The monoisotopic (exact) mass is 224 g/mol. The predicted octanol–water partition coefficient (Wildman–Crippen LogP) is 1.31. The van der Waals surface area contributed by atoms with Crippen LogP contribution in [0.1, 0.15) is 51.4 Å². The van der Waals surface area contributed by atoms with Gasteiger partial charge in [-0.2, -0.15) is 0 Å². The number of likely N-dealkylation sites (tertiary alicyclic amines) is 1. The Morgan fingerprint density at radius 3 is 2.25 bits per heavy atom. The van der Waals surface area contributed by atoms with Gasteiger partial charge in [0.15, 0.2) is 0 Å². The molecule has 1 heterocycles. The Morgan fingerprint density at radius 1 is 0.938 bits per heavy atom. The maximum absolute atomic E-state index is 10.3. The molecule has 0 spiro atoms. The highest BCUT2D eigenvalue weighted by Crippen LogP contribution is 2.28. The lowest BCUT2D eigenvalue weighted by Crippen LogP contribution is -3.12. The maximum Gasteiger partial charge on any atom is 0.0959 e. The van der Waals surface area contributed by atoms with Crippen LogP contribution in [0.25, 0.3) is 0 Å². The van der Waals surface area contributed by atoms with Crippen molar-refractivity contribution in [3.05, 3.63) is 12.2 Å². The zero-order chi connectivity index (χ0) is 11.3. The van der Waals surface area contributed by atoms with Gasteiger partial charge in [0.05, 0.1) is 25.2 Å². The summed E-state index contributed by atoms with van der Waals surface area (Å²) < 4.78 is 0. The van der Waals surface area contributed by atoms with Crippen LogP contribution in [0.15, 0.2) is 12.2 Å². The second-order valence-electron chi connectivity index (χ2n) is 5.58. The second-order valence-corrected chi connectivity index (χ2v) is 5.58. The third-order valence-electron chi connectivity index (χ3n) is 4.11. The Kier molecular flexibility index (Phi) is 4.42. The molecule has 16 heavy (non-hydrogen) atoms. The minimum atomic E-state index is -0.465. The van der Waals surface area contributed by atoms with Gasteiger partial charge in [0.2, 0.25) is 0 Å². The molecule has 0 unspecified atom stereocenters. The van der Waals surface area contributed by atoms with Gasteiger partial charge in [-0.05, 0) is 38.2 Å². The Hall–Kier alpha value is -0.340. The van der Waals surface area contributed by atoms with E-state index in [1.165, 1.54) is 51.6 Å². The molecule has 0 bridgehead atoms. The molecule has 2 heteroatoms. The molecular weight excluding hydrogens is 198 g/mol. The molecule has 2 rings (SSSR count). The van der Waals surface area contributed by atoms with Gasteiger partial charge in [0.1, 0.15) is 0 Å². The predicted molar refractivity (Wildman–Crippen MR) is 66.6 cm³/mol. The summed E-state index contributed by atoms with van der Waals surface area (Å²) >= 11 is 0. The van der Waals surface area contributed by atoms with E-state index in [0.717, 1.165) is 19.4 Å². The molecule has 2 N–H and O–H groups in total. The summed E-state index contributed by atoms with van der Waals surface area (Å²) in [5.74, 6) is 0. The summed E-state index contributed by atoms with van der Waals surface area (Å²) in [6.45, 7) is 3.76. The minimum Gasteiger partial charge on any atom is -0.386 e. The Bertz CT molecular complexity index is 225. The van der Waals surface area contributed by atoms with E-state index in [0.29, 0.717) is 0 Å². The van der Waals surface area contributed by atoms with Crippen molar-refractivity contribution in [2.24, 2.45) is 0 Å². The zero-order valence-corrected chi connectivity index (χ0v) is 10.4. The maximum atomic E-state index is 10.3. The molecule has 0 atom stereocenters. The van der Waals surface area contributed by atoms with Crippen molar-refractivity contribution in [2.75, 3.05) is 19.6 Å². The van der Waals surface area contributed by atoms with E-state index in [-0.39, 0.29) is 0 Å². The first-order valence-electron chi connectivity index (χ1n) is 7.02. The molecule has 92 valence electrons. The first-order valence-corrected chi connectivity index (χ1v) is 7.02. The Balaban J connectivity index is 1.74. The lowest BCUT2D eigenvalue weighted by molar-refractivity contribution is -0.899. The summed E-state index contributed by atoms with van der Waals surface area (Å²) in [4.78, 5) is 1.70. The molecule has 1 aliphatic carbocycles. The topological polar surface area (TPSA) is 24.7 Å². The van der Waals surface area contributed by atoms with Gasteiger partial charge in [-0.25, -0.2) is 0 Å². The van der Waals surface area contributed by atoms with Crippen LogP contribution < -0.4 is 4.90 Å². The highest BCUT2D eigenvalue weighted by Gasteiger charge is 2.25. The van der Waals surface area contributed by atoms with Crippen LogP contribution >= 0.6 is 0 Å². The first-order chi connectivity index (χ1) is 7.79. The van der Waals surface area contributed by atoms with Crippen molar-refractivity contribution in [2.45, 2.75) is 57.0 Å². The average molecular weight is 224 g/mol. The molecule has 2 nitrogen and oxygen atoms in total. The van der Waals surface area contributed by atoms with Crippen molar-refractivity contribution < 1.29 is 10.0 Å². The van der Waals surface area contributed by atoms with Gasteiger partial charge in [-0.3, -0.25) is 0 Å². The molecule has 0 amide bonds. The fourth-order valence-electron chi connectivity index (χ4n) is 3.03. The number of piperidine rings is 1. The normalized spacial score (nSPS) is 27.3. The summed E-state index contributed by atoms with van der Waals surface area (Å²) in [5, 5.41) is 10.3. The molecule has 0 radical (unpaired) electrons. The van der Waals surface area contributed by atoms with E-state index in [1.54, 1.807) is 4.90 Å². The fourth-order valence-corrected chi connectivity index (χ4v) is 3.03. The Labute approximate surface area is 99.3 Å². The number of hydrogen-bond acceptors (Lipinski definition) is 1. The SMILES string of the molecule is OC1(C=CC[NH+]2CCCCC2)CCCCC1. The van der Waals surface area contributed by atoms with Gasteiger partial charge < -0.3 is 10.0 Å². The third-order valence-corrected chi connectivity index (χ3v) is 4.11. The van der Waals surface area contributed by atoms with Crippen LogP contribution in [0, 0.1) is 0 Å². The average Bonchev–Trinajstić information content (AvgIpc) is 2.31. The van der Waals surface area contributed by atoms with Gasteiger partial charge in [0.25, 0.3) is 0 Å². The molecule has 2 fully saturated rings. The number of nitrogens with one attached hydrogen (secondary N) is 1. The molecule has 2 aliphatic rings. The summed E-state index contributed by atoms with van der Waals surface area (Å²) in [6, 6.07) is 0. The van der Waals surface area contributed by atoms with Gasteiger partial charge in [0, 0.05) is 0 Å². The zero-order valence-electron chi connectivity index (χ0n) is 10.4. The number of quaternary nitrogens is 1. The smallest absolute Gasteiger partial charge is 0.0959 e. The number of aliphatic hydroxyl groups is 1. The van der Waals surface area contributed by atoms with Crippen LogP contribution in [0.5, 0.6) is 0 Å². The third kappa shape index (κ3) is 3.60. The van der Waals surface area contributed by atoms with Crippen molar-refractivity contribution >= 4 is 0 Å². The second kappa shape index (κ2) is 5.83. The van der Waals surface area contributed by atoms with Gasteiger partial charge in [-0.15, -0.1) is 0 Å². The molecule has 1 aliphatic heterocycles. The van der Waals surface area contributed by atoms with Crippen LogP contribution in [0.4, 0.5) is 0 Å².